The number of pyridine rings is 1. The lowest BCUT2D eigenvalue weighted by atomic mass is 10.1. The standard InChI is InChI=1S/C18H19N3O4/c22-17-4-2-14(10-19-17)18(23)21-7-5-20(6-8-21)11-13-1-3-15-16(9-13)25-12-24-15/h1-4,9-10H,5-8,11-12H2,(H,19,22). The van der Waals surface area contributed by atoms with E-state index in [2.05, 4.69) is 9.88 Å². The molecule has 3 heterocycles. The molecule has 1 fully saturated rings. The van der Waals surface area contributed by atoms with Crippen molar-refractivity contribution in [1.29, 1.82) is 0 Å². The Kier molecular flexibility index (Phi) is 4.15. The first-order valence-corrected chi connectivity index (χ1v) is 8.28. The van der Waals surface area contributed by atoms with E-state index in [9.17, 15) is 9.59 Å². The number of hydrogen-bond acceptors (Lipinski definition) is 5. The van der Waals surface area contributed by atoms with E-state index < -0.39 is 0 Å². The molecule has 0 atom stereocenters. The van der Waals surface area contributed by atoms with Crippen molar-refractivity contribution in [3.63, 3.8) is 0 Å². The van der Waals surface area contributed by atoms with E-state index in [1.165, 1.54) is 17.8 Å². The molecule has 1 aromatic heterocycles. The van der Waals surface area contributed by atoms with Crippen LogP contribution in [0, 0.1) is 0 Å². The molecule has 0 bridgehead atoms. The number of nitrogens with one attached hydrogen (secondary N) is 1. The van der Waals surface area contributed by atoms with Crippen molar-refractivity contribution in [1.82, 2.24) is 14.8 Å². The van der Waals surface area contributed by atoms with Crippen LogP contribution < -0.4 is 15.0 Å². The van der Waals surface area contributed by atoms with Gasteiger partial charge in [-0.15, -0.1) is 0 Å². The highest BCUT2D eigenvalue weighted by molar-refractivity contribution is 5.93. The van der Waals surface area contributed by atoms with E-state index in [0.717, 1.165) is 31.1 Å². The highest BCUT2D eigenvalue weighted by Gasteiger charge is 2.23. The summed E-state index contributed by atoms with van der Waals surface area (Å²) in [7, 11) is 0. The van der Waals surface area contributed by atoms with Crippen LogP contribution in [0.15, 0.2) is 41.3 Å². The Labute approximate surface area is 144 Å². The Morgan fingerprint density at radius 1 is 1.04 bits per heavy atom. The van der Waals surface area contributed by atoms with Gasteiger partial charge in [0.25, 0.3) is 5.91 Å². The topological polar surface area (TPSA) is 74.9 Å². The number of amides is 1. The third kappa shape index (κ3) is 3.36. The average molecular weight is 341 g/mol. The fourth-order valence-corrected chi connectivity index (χ4v) is 3.13. The number of ether oxygens (including phenoxy) is 2. The van der Waals surface area contributed by atoms with Crippen LogP contribution in [0.4, 0.5) is 0 Å². The molecule has 1 aromatic carbocycles. The van der Waals surface area contributed by atoms with Crippen molar-refractivity contribution in [3.05, 3.63) is 58.0 Å². The number of benzene rings is 1. The lowest BCUT2D eigenvalue weighted by Crippen LogP contribution is -2.48. The monoisotopic (exact) mass is 341 g/mol. The molecular formula is C18H19N3O4. The van der Waals surface area contributed by atoms with Gasteiger partial charge in [-0.3, -0.25) is 14.5 Å². The summed E-state index contributed by atoms with van der Waals surface area (Å²) in [6.45, 7) is 4.06. The number of aromatic amines is 1. The Hall–Kier alpha value is -2.80. The number of hydrogen-bond donors (Lipinski definition) is 1. The first kappa shape index (κ1) is 15.7. The fraction of sp³-hybridized carbons (Fsp3) is 0.333. The smallest absolute Gasteiger partial charge is 0.255 e. The van der Waals surface area contributed by atoms with Gasteiger partial charge in [0, 0.05) is 45.0 Å². The second kappa shape index (κ2) is 6.60. The molecule has 0 radical (unpaired) electrons. The zero-order valence-electron chi connectivity index (χ0n) is 13.7. The molecule has 1 saturated heterocycles. The summed E-state index contributed by atoms with van der Waals surface area (Å²) < 4.78 is 10.7. The molecule has 7 heteroatoms. The van der Waals surface area contributed by atoms with Crippen LogP contribution in [0.25, 0.3) is 0 Å². The summed E-state index contributed by atoms with van der Waals surface area (Å²) >= 11 is 0. The molecule has 2 aliphatic rings. The van der Waals surface area contributed by atoms with Crippen LogP contribution in [-0.4, -0.2) is 53.7 Å². The number of aromatic nitrogens is 1. The molecule has 0 saturated carbocycles. The predicted octanol–water partition coefficient (Wildman–Crippen LogP) is 1.06. The van der Waals surface area contributed by atoms with E-state index in [-0.39, 0.29) is 18.3 Å². The van der Waals surface area contributed by atoms with E-state index >= 15 is 0 Å². The van der Waals surface area contributed by atoms with Crippen LogP contribution >= 0.6 is 0 Å². The van der Waals surface area contributed by atoms with Crippen LogP contribution in [0.2, 0.25) is 0 Å². The normalized spacial score (nSPS) is 16.9. The van der Waals surface area contributed by atoms with Crippen molar-refractivity contribution in [2.45, 2.75) is 6.54 Å². The van der Waals surface area contributed by atoms with E-state index in [4.69, 9.17) is 9.47 Å². The highest BCUT2D eigenvalue weighted by Crippen LogP contribution is 2.32. The van der Waals surface area contributed by atoms with Crippen LogP contribution in [0.1, 0.15) is 15.9 Å². The first-order valence-electron chi connectivity index (χ1n) is 8.28. The Morgan fingerprint density at radius 2 is 1.84 bits per heavy atom. The van der Waals surface area contributed by atoms with E-state index in [1.54, 1.807) is 6.07 Å². The molecule has 0 spiro atoms. The van der Waals surface area contributed by atoms with Gasteiger partial charge in [0.05, 0.1) is 5.56 Å². The van der Waals surface area contributed by atoms with Gasteiger partial charge in [0.1, 0.15) is 0 Å². The highest BCUT2D eigenvalue weighted by atomic mass is 16.7. The van der Waals surface area contributed by atoms with Gasteiger partial charge in [0.2, 0.25) is 12.4 Å². The number of rotatable bonds is 3. The van der Waals surface area contributed by atoms with Crippen LogP contribution in [0.5, 0.6) is 11.5 Å². The quantitative estimate of drug-likeness (QED) is 0.904. The number of piperazine rings is 1. The number of H-pyrrole nitrogens is 1. The van der Waals surface area contributed by atoms with Crippen LogP contribution in [0.3, 0.4) is 0 Å². The molecule has 25 heavy (non-hydrogen) atoms. The number of carbonyl (C=O) groups excluding carboxylic acids is 1. The number of fused-ring (bicyclic) bond motifs is 1. The summed E-state index contributed by atoms with van der Waals surface area (Å²) in [5.41, 5.74) is 1.48. The lowest BCUT2D eigenvalue weighted by molar-refractivity contribution is 0.0628. The van der Waals surface area contributed by atoms with E-state index in [0.29, 0.717) is 18.7 Å². The minimum absolute atomic E-state index is 0.0426. The van der Waals surface area contributed by atoms with E-state index in [1.807, 2.05) is 23.1 Å². The summed E-state index contributed by atoms with van der Waals surface area (Å²) in [6.07, 6.45) is 1.48. The molecule has 1 amide bonds. The molecule has 2 aliphatic heterocycles. The molecule has 1 N–H and O–H groups in total. The first-order chi connectivity index (χ1) is 12.2. The predicted molar refractivity (Wildman–Crippen MR) is 90.8 cm³/mol. The third-order valence-electron chi connectivity index (χ3n) is 4.53. The van der Waals surface area contributed by atoms with Gasteiger partial charge in [-0.2, -0.15) is 0 Å². The Bertz CT molecular complexity index is 820. The van der Waals surface area contributed by atoms with Gasteiger partial charge in [-0.1, -0.05) is 6.07 Å². The molecular weight excluding hydrogens is 322 g/mol. The summed E-state index contributed by atoms with van der Waals surface area (Å²) in [4.78, 5) is 30.2. The summed E-state index contributed by atoms with van der Waals surface area (Å²) in [6, 6.07) is 8.95. The van der Waals surface area contributed by atoms with Crippen molar-refractivity contribution in [2.24, 2.45) is 0 Å². The maximum Gasteiger partial charge on any atom is 0.255 e. The Balaban J connectivity index is 1.34. The fourth-order valence-electron chi connectivity index (χ4n) is 3.13. The zero-order chi connectivity index (χ0) is 17.2. The molecule has 0 unspecified atom stereocenters. The maximum atomic E-state index is 12.5. The number of carbonyl (C=O) groups is 1. The summed E-state index contributed by atoms with van der Waals surface area (Å²) in [5.74, 6) is 1.54. The van der Waals surface area contributed by atoms with Gasteiger partial charge >= 0.3 is 0 Å². The van der Waals surface area contributed by atoms with Crippen LogP contribution in [-0.2, 0) is 6.54 Å². The summed E-state index contributed by atoms with van der Waals surface area (Å²) in [5, 5.41) is 0. The minimum atomic E-state index is -0.204. The molecule has 7 nitrogen and oxygen atoms in total. The molecule has 4 rings (SSSR count). The van der Waals surface area contributed by atoms with Gasteiger partial charge in [-0.25, -0.2) is 0 Å². The van der Waals surface area contributed by atoms with Crippen molar-refractivity contribution >= 4 is 5.91 Å². The maximum absolute atomic E-state index is 12.5. The average Bonchev–Trinajstić information content (AvgIpc) is 3.10. The van der Waals surface area contributed by atoms with Gasteiger partial charge in [-0.05, 0) is 23.8 Å². The second-order valence-electron chi connectivity index (χ2n) is 6.20. The minimum Gasteiger partial charge on any atom is -0.454 e. The number of nitrogens with zero attached hydrogens (tertiary/aromatic N) is 2. The molecule has 0 aliphatic carbocycles. The third-order valence-corrected chi connectivity index (χ3v) is 4.53. The second-order valence-corrected chi connectivity index (χ2v) is 6.20. The lowest BCUT2D eigenvalue weighted by Gasteiger charge is -2.34. The van der Waals surface area contributed by atoms with Gasteiger partial charge < -0.3 is 19.4 Å². The van der Waals surface area contributed by atoms with Crippen molar-refractivity contribution in [3.8, 4) is 11.5 Å². The Morgan fingerprint density at radius 3 is 2.60 bits per heavy atom. The zero-order valence-corrected chi connectivity index (χ0v) is 13.7. The SMILES string of the molecule is O=C(c1ccc(=O)[nH]c1)N1CCN(Cc2ccc3c(c2)OCO3)CC1. The molecule has 130 valence electrons. The van der Waals surface area contributed by atoms with Gasteiger partial charge in [0.15, 0.2) is 11.5 Å². The largest absolute Gasteiger partial charge is 0.454 e. The molecule has 2 aromatic rings. The van der Waals surface area contributed by atoms with Crippen molar-refractivity contribution in [2.75, 3.05) is 33.0 Å². The van der Waals surface area contributed by atoms with Crippen molar-refractivity contribution < 1.29 is 14.3 Å².